The van der Waals surface area contributed by atoms with E-state index >= 15 is 0 Å². The molecule has 2 aromatic carbocycles. The summed E-state index contributed by atoms with van der Waals surface area (Å²) in [5, 5.41) is 10.5. The normalized spacial score (nSPS) is 19.7. The van der Waals surface area contributed by atoms with Crippen LogP contribution in [0.5, 0.6) is 5.75 Å². The fourth-order valence-corrected chi connectivity index (χ4v) is 5.24. The number of likely N-dealkylation sites (tertiary alicyclic amines) is 2. The van der Waals surface area contributed by atoms with Gasteiger partial charge in [0.05, 0.1) is 0 Å². The number of aliphatic carboxylic acids is 1. The number of piperidine rings is 2. The first-order valence-electron chi connectivity index (χ1n) is 12.2. The van der Waals surface area contributed by atoms with E-state index in [9.17, 15) is 14.3 Å². The molecule has 0 unspecified atom stereocenters. The first-order valence-corrected chi connectivity index (χ1v) is 12.6. The number of ether oxygens (including phenoxy) is 1. The van der Waals surface area contributed by atoms with E-state index in [2.05, 4.69) is 9.80 Å². The summed E-state index contributed by atoms with van der Waals surface area (Å²) >= 11 is 6.11. The molecule has 2 aromatic rings. The average molecular weight is 489 g/mol. The lowest BCUT2D eigenvalue weighted by atomic mass is 9.93. The number of benzene rings is 2. The van der Waals surface area contributed by atoms with Crippen molar-refractivity contribution in [3.8, 4) is 5.75 Å². The van der Waals surface area contributed by atoms with Crippen molar-refractivity contribution in [2.75, 3.05) is 32.7 Å². The zero-order valence-electron chi connectivity index (χ0n) is 19.8. The van der Waals surface area contributed by atoms with Crippen molar-refractivity contribution < 1.29 is 19.0 Å². The van der Waals surface area contributed by atoms with Crippen molar-refractivity contribution in [2.24, 2.45) is 5.92 Å². The second-order valence-electron chi connectivity index (χ2n) is 9.69. The lowest BCUT2D eigenvalue weighted by Gasteiger charge is -2.39. The van der Waals surface area contributed by atoms with E-state index in [0.29, 0.717) is 12.3 Å². The minimum Gasteiger partial charge on any atom is -0.490 e. The zero-order valence-corrected chi connectivity index (χ0v) is 20.5. The van der Waals surface area contributed by atoms with Crippen LogP contribution in [-0.4, -0.2) is 65.7 Å². The number of carboxylic acid groups (broad SMARTS) is 1. The summed E-state index contributed by atoms with van der Waals surface area (Å²) in [6.07, 6.45) is 4.68. The number of carboxylic acids is 1. The fourth-order valence-electron chi connectivity index (χ4n) is 5.12. The van der Waals surface area contributed by atoms with Gasteiger partial charge < -0.3 is 14.7 Å². The highest BCUT2D eigenvalue weighted by Crippen LogP contribution is 2.26. The second-order valence-corrected chi connectivity index (χ2v) is 10.1. The van der Waals surface area contributed by atoms with Gasteiger partial charge in [0, 0.05) is 24.7 Å². The van der Waals surface area contributed by atoms with Crippen LogP contribution in [0.4, 0.5) is 4.39 Å². The Morgan fingerprint density at radius 1 is 1.09 bits per heavy atom. The van der Waals surface area contributed by atoms with Crippen molar-refractivity contribution in [3.05, 3.63) is 64.4 Å². The van der Waals surface area contributed by atoms with Crippen LogP contribution in [0.25, 0.3) is 0 Å². The predicted molar refractivity (Wildman–Crippen MR) is 132 cm³/mol. The lowest BCUT2D eigenvalue weighted by Crippen LogP contribution is -2.48. The van der Waals surface area contributed by atoms with Crippen molar-refractivity contribution in [2.45, 2.75) is 51.2 Å². The van der Waals surface area contributed by atoms with Crippen molar-refractivity contribution in [3.63, 3.8) is 0 Å². The van der Waals surface area contributed by atoms with Crippen LogP contribution in [-0.2, 0) is 11.2 Å². The Labute approximate surface area is 206 Å². The van der Waals surface area contributed by atoms with E-state index in [-0.39, 0.29) is 11.9 Å². The number of rotatable bonds is 8. The molecule has 2 heterocycles. The van der Waals surface area contributed by atoms with E-state index in [1.165, 1.54) is 12.1 Å². The molecule has 0 radical (unpaired) electrons. The Balaban J connectivity index is 1.20. The fraction of sp³-hybridized carbons (Fsp3) is 0.519. The number of halogens is 2. The lowest BCUT2D eigenvalue weighted by molar-refractivity contribution is -0.144. The summed E-state index contributed by atoms with van der Waals surface area (Å²) in [6.45, 7) is 6.69. The minimum absolute atomic E-state index is 0.237. The van der Waals surface area contributed by atoms with Gasteiger partial charge in [-0.05, 0) is 99.5 Å². The Morgan fingerprint density at radius 3 is 2.38 bits per heavy atom. The first kappa shape index (κ1) is 25.0. The van der Waals surface area contributed by atoms with E-state index in [4.69, 9.17) is 16.3 Å². The summed E-state index contributed by atoms with van der Waals surface area (Å²) in [5.74, 6) is 0.377. The van der Waals surface area contributed by atoms with Crippen LogP contribution in [0.15, 0.2) is 42.5 Å². The molecule has 7 heteroatoms. The van der Waals surface area contributed by atoms with E-state index < -0.39 is 12.0 Å². The standard InChI is InChI=1S/C27H34ClFN2O3/c1-19-16-24(6-7-25(19)28)34-23-10-12-30(13-11-23)18-21-8-14-31(15-9-21)26(27(32)33)17-20-2-4-22(29)5-3-20/h2-7,16,21,23,26H,8-15,17-18H2,1H3,(H,32,33)/t26-/m1/s1. The third-order valence-electron chi connectivity index (χ3n) is 7.20. The van der Waals surface area contributed by atoms with Gasteiger partial charge in [0.1, 0.15) is 23.7 Å². The molecule has 2 aliphatic rings. The second kappa shape index (κ2) is 11.5. The number of nitrogens with zero attached hydrogens (tertiary/aromatic N) is 2. The molecular weight excluding hydrogens is 455 g/mol. The molecular formula is C27H34ClFN2O3. The summed E-state index contributed by atoms with van der Waals surface area (Å²) < 4.78 is 19.4. The maximum Gasteiger partial charge on any atom is 0.321 e. The molecule has 2 saturated heterocycles. The number of carbonyl (C=O) groups is 1. The quantitative estimate of drug-likeness (QED) is 0.564. The Kier molecular flexibility index (Phi) is 8.46. The molecule has 0 aliphatic carbocycles. The molecule has 0 bridgehead atoms. The maximum atomic E-state index is 13.2. The van der Waals surface area contributed by atoms with Gasteiger partial charge in [-0.15, -0.1) is 0 Å². The Hall–Kier alpha value is -2.15. The van der Waals surface area contributed by atoms with Crippen LogP contribution in [0.1, 0.15) is 36.8 Å². The summed E-state index contributed by atoms with van der Waals surface area (Å²) in [6, 6.07) is 11.4. The molecule has 184 valence electrons. The van der Waals surface area contributed by atoms with Crippen LogP contribution in [0, 0.1) is 18.7 Å². The molecule has 2 aliphatic heterocycles. The van der Waals surface area contributed by atoms with Gasteiger partial charge in [0.15, 0.2) is 0 Å². The van der Waals surface area contributed by atoms with E-state index in [0.717, 1.165) is 80.3 Å². The monoisotopic (exact) mass is 488 g/mol. The molecule has 2 fully saturated rings. The molecule has 34 heavy (non-hydrogen) atoms. The molecule has 4 rings (SSSR count). The molecule has 0 aromatic heterocycles. The highest BCUT2D eigenvalue weighted by Gasteiger charge is 2.31. The smallest absolute Gasteiger partial charge is 0.321 e. The summed E-state index contributed by atoms with van der Waals surface area (Å²) in [7, 11) is 0. The average Bonchev–Trinajstić information content (AvgIpc) is 2.83. The molecule has 5 nitrogen and oxygen atoms in total. The highest BCUT2D eigenvalue weighted by atomic mass is 35.5. The highest BCUT2D eigenvalue weighted by molar-refractivity contribution is 6.31. The number of hydrogen-bond acceptors (Lipinski definition) is 4. The first-order chi connectivity index (χ1) is 16.4. The van der Waals surface area contributed by atoms with E-state index in [1.54, 1.807) is 12.1 Å². The maximum absolute atomic E-state index is 13.2. The largest absolute Gasteiger partial charge is 0.490 e. The molecule has 1 atom stereocenters. The summed E-state index contributed by atoms with van der Waals surface area (Å²) in [4.78, 5) is 16.5. The van der Waals surface area contributed by atoms with Crippen LogP contribution in [0.3, 0.4) is 0 Å². The van der Waals surface area contributed by atoms with Gasteiger partial charge >= 0.3 is 5.97 Å². The van der Waals surface area contributed by atoms with Crippen LogP contribution in [0.2, 0.25) is 5.02 Å². The third kappa shape index (κ3) is 6.71. The zero-order chi connectivity index (χ0) is 24.1. The molecule has 0 spiro atoms. The minimum atomic E-state index is -0.805. The molecule has 0 saturated carbocycles. The van der Waals surface area contributed by atoms with Gasteiger partial charge in [-0.3, -0.25) is 9.69 Å². The van der Waals surface area contributed by atoms with Gasteiger partial charge in [-0.2, -0.15) is 0 Å². The number of aryl methyl sites for hydroxylation is 1. The summed E-state index contributed by atoms with van der Waals surface area (Å²) in [5.41, 5.74) is 1.89. The Morgan fingerprint density at radius 2 is 1.76 bits per heavy atom. The molecule has 0 amide bonds. The van der Waals surface area contributed by atoms with Gasteiger partial charge in [-0.25, -0.2) is 4.39 Å². The van der Waals surface area contributed by atoms with Crippen molar-refractivity contribution in [1.82, 2.24) is 9.80 Å². The van der Waals surface area contributed by atoms with Crippen molar-refractivity contribution in [1.29, 1.82) is 0 Å². The van der Waals surface area contributed by atoms with Gasteiger partial charge in [0.2, 0.25) is 0 Å². The SMILES string of the molecule is Cc1cc(OC2CCN(CC3CCN([C@H](Cc4ccc(F)cc4)C(=O)O)CC3)CC2)ccc1Cl. The third-order valence-corrected chi connectivity index (χ3v) is 7.62. The molecule has 1 N–H and O–H groups in total. The van der Waals surface area contributed by atoms with Gasteiger partial charge in [0.25, 0.3) is 0 Å². The van der Waals surface area contributed by atoms with Crippen LogP contribution < -0.4 is 4.74 Å². The Bertz CT molecular complexity index is 955. The van der Waals surface area contributed by atoms with Crippen molar-refractivity contribution >= 4 is 17.6 Å². The van der Waals surface area contributed by atoms with E-state index in [1.807, 2.05) is 25.1 Å². The van der Waals surface area contributed by atoms with Gasteiger partial charge in [-0.1, -0.05) is 23.7 Å². The topological polar surface area (TPSA) is 53.0 Å². The van der Waals surface area contributed by atoms with Crippen LogP contribution >= 0.6 is 11.6 Å². The number of hydrogen-bond donors (Lipinski definition) is 1. The predicted octanol–water partition coefficient (Wildman–Crippen LogP) is 5.04.